The van der Waals surface area contributed by atoms with Crippen LogP contribution >= 0.6 is 11.8 Å². The fraction of sp³-hybridized carbons (Fsp3) is 0.594. The predicted octanol–water partition coefficient (Wildman–Crippen LogP) is -1.18. The Labute approximate surface area is 286 Å². The highest BCUT2D eigenvalue weighted by atomic mass is 32.2. The highest BCUT2D eigenvalue weighted by Crippen LogP contribution is 2.09. The number of carbonyl (C=O) groups is 7. The van der Waals surface area contributed by atoms with Gasteiger partial charge in [-0.15, -0.1) is 0 Å². The highest BCUT2D eigenvalue weighted by molar-refractivity contribution is 7.98. The second-order valence-electron chi connectivity index (χ2n) is 12.3. The third kappa shape index (κ3) is 16.1. The van der Waals surface area contributed by atoms with Crippen LogP contribution in [0.5, 0.6) is 0 Å². The maximum atomic E-state index is 13.5. The minimum atomic E-state index is -1.12. The lowest BCUT2D eigenvalue weighted by Gasteiger charge is -2.26. The van der Waals surface area contributed by atoms with Crippen molar-refractivity contribution < 1.29 is 33.6 Å². The van der Waals surface area contributed by atoms with E-state index in [1.54, 1.807) is 44.2 Å². The summed E-state index contributed by atoms with van der Waals surface area (Å²) in [6, 6.07) is 3.72. The van der Waals surface area contributed by atoms with Crippen LogP contribution in [0.1, 0.15) is 58.9 Å². The molecule has 1 aromatic carbocycles. The molecule has 0 aliphatic carbocycles. The lowest BCUT2D eigenvalue weighted by molar-refractivity contribution is -0.134. The average molecular weight is 693 g/mol. The van der Waals surface area contributed by atoms with E-state index in [2.05, 4.69) is 26.6 Å². The molecule has 1 rings (SSSR count). The SMILES string of the molecule is CSCC[C@H](NC(=O)[C@H](CC(C)C)NC(=O)CNC(=O)[C@@H](NC(=O)[C@H](Cc1ccccc1)NC(=O)[C@@H](N)CCC(N)=O)C(C)C)C(N)=O. The first-order valence-corrected chi connectivity index (χ1v) is 17.3. The van der Waals surface area contributed by atoms with E-state index in [9.17, 15) is 33.6 Å². The fourth-order valence-corrected chi connectivity index (χ4v) is 5.05. The Kier molecular flexibility index (Phi) is 18.9. The van der Waals surface area contributed by atoms with Gasteiger partial charge in [-0.1, -0.05) is 58.0 Å². The van der Waals surface area contributed by atoms with Crippen LogP contribution in [0.2, 0.25) is 0 Å². The minimum Gasteiger partial charge on any atom is -0.370 e. The van der Waals surface area contributed by atoms with E-state index in [-0.39, 0.29) is 31.6 Å². The van der Waals surface area contributed by atoms with Crippen LogP contribution in [0.25, 0.3) is 0 Å². The zero-order chi connectivity index (χ0) is 36.4. The van der Waals surface area contributed by atoms with E-state index < -0.39 is 84.0 Å². The Morgan fingerprint density at radius 3 is 1.90 bits per heavy atom. The molecule has 0 fully saturated rings. The summed E-state index contributed by atoms with van der Waals surface area (Å²) in [4.78, 5) is 88.3. The first-order valence-electron chi connectivity index (χ1n) is 15.9. The van der Waals surface area contributed by atoms with Crippen molar-refractivity contribution in [1.29, 1.82) is 0 Å². The monoisotopic (exact) mass is 692 g/mol. The molecular weight excluding hydrogens is 640 g/mol. The number of rotatable bonds is 22. The Morgan fingerprint density at radius 1 is 0.750 bits per heavy atom. The van der Waals surface area contributed by atoms with Crippen molar-refractivity contribution in [2.45, 2.75) is 90.0 Å². The van der Waals surface area contributed by atoms with Crippen molar-refractivity contribution >= 4 is 53.1 Å². The summed E-state index contributed by atoms with van der Waals surface area (Å²) in [5.41, 5.74) is 17.2. The number of amides is 7. The molecule has 15 nitrogen and oxygen atoms in total. The Bertz CT molecular complexity index is 1250. The van der Waals surface area contributed by atoms with E-state index in [1.165, 1.54) is 11.8 Å². The van der Waals surface area contributed by atoms with Gasteiger partial charge < -0.3 is 43.8 Å². The van der Waals surface area contributed by atoms with Crippen LogP contribution in [0.3, 0.4) is 0 Å². The summed E-state index contributed by atoms with van der Waals surface area (Å²) >= 11 is 1.50. The van der Waals surface area contributed by atoms with Gasteiger partial charge in [0.25, 0.3) is 0 Å². The van der Waals surface area contributed by atoms with Gasteiger partial charge in [-0.2, -0.15) is 11.8 Å². The van der Waals surface area contributed by atoms with Gasteiger partial charge in [-0.05, 0) is 48.7 Å². The molecule has 0 saturated heterocycles. The largest absolute Gasteiger partial charge is 0.370 e. The lowest BCUT2D eigenvalue weighted by atomic mass is 10.0. The third-order valence-corrected chi connectivity index (χ3v) is 7.90. The van der Waals surface area contributed by atoms with Crippen LogP contribution in [-0.4, -0.2) is 90.1 Å². The molecule has 5 atom stereocenters. The molecule has 48 heavy (non-hydrogen) atoms. The molecule has 268 valence electrons. The topological polar surface area (TPSA) is 258 Å². The number of benzene rings is 1. The van der Waals surface area contributed by atoms with Crippen molar-refractivity contribution in [2.24, 2.45) is 29.0 Å². The molecule has 0 radical (unpaired) electrons. The number of hydrogen-bond donors (Lipinski definition) is 8. The molecule has 0 unspecified atom stereocenters. The fourth-order valence-electron chi connectivity index (χ4n) is 4.57. The summed E-state index contributed by atoms with van der Waals surface area (Å²) < 4.78 is 0. The summed E-state index contributed by atoms with van der Waals surface area (Å²) in [6.45, 7) is 6.64. The van der Waals surface area contributed by atoms with Crippen LogP contribution < -0.4 is 43.8 Å². The number of primary amides is 2. The first-order chi connectivity index (χ1) is 22.5. The van der Waals surface area contributed by atoms with Gasteiger partial charge in [0.1, 0.15) is 24.2 Å². The van der Waals surface area contributed by atoms with E-state index in [1.807, 2.05) is 20.1 Å². The van der Waals surface area contributed by atoms with E-state index >= 15 is 0 Å². The molecule has 0 heterocycles. The van der Waals surface area contributed by atoms with Crippen LogP contribution in [0.4, 0.5) is 0 Å². The normalized spacial score (nSPS) is 14.2. The smallest absolute Gasteiger partial charge is 0.243 e. The molecule has 0 aliphatic rings. The molecule has 0 saturated carbocycles. The lowest BCUT2D eigenvalue weighted by Crippen LogP contribution is -2.58. The maximum Gasteiger partial charge on any atom is 0.243 e. The second-order valence-corrected chi connectivity index (χ2v) is 13.3. The number of nitrogens with two attached hydrogens (primary N) is 3. The van der Waals surface area contributed by atoms with Crippen LogP contribution in [0.15, 0.2) is 30.3 Å². The van der Waals surface area contributed by atoms with Crippen molar-refractivity contribution in [3.8, 4) is 0 Å². The molecular formula is C32H52N8O7S. The summed E-state index contributed by atoms with van der Waals surface area (Å²) in [5, 5.41) is 13.0. The zero-order valence-electron chi connectivity index (χ0n) is 28.4. The van der Waals surface area contributed by atoms with E-state index in [4.69, 9.17) is 17.2 Å². The standard InChI is InChI=1S/C32H52N8O7S/c1-18(2)15-23(30(45)38-22(28(35)43)13-14-48-5)37-26(42)17-36-32(47)27(19(3)4)40-31(46)24(16-20-9-7-6-8-10-20)39-29(44)21(33)11-12-25(34)41/h6-10,18-19,21-24,27H,11-17,33H2,1-5H3,(H2,34,41)(H2,35,43)(H,36,47)(H,37,42)(H,38,45)(H,39,44)(H,40,46)/t21-,22-,23-,24-,27-/m0/s1. The Balaban J connectivity index is 2.97. The molecule has 0 aromatic heterocycles. The summed E-state index contributed by atoms with van der Waals surface area (Å²) in [7, 11) is 0. The number of nitrogens with one attached hydrogen (secondary N) is 5. The van der Waals surface area contributed by atoms with E-state index in [0.29, 0.717) is 12.2 Å². The maximum absolute atomic E-state index is 13.5. The first kappa shape index (κ1) is 41.8. The van der Waals surface area contributed by atoms with Crippen molar-refractivity contribution in [1.82, 2.24) is 26.6 Å². The van der Waals surface area contributed by atoms with E-state index in [0.717, 1.165) is 5.56 Å². The van der Waals surface area contributed by atoms with Gasteiger partial charge in [0, 0.05) is 12.8 Å². The Hall–Kier alpha value is -4.18. The van der Waals surface area contributed by atoms with Gasteiger partial charge in [-0.25, -0.2) is 0 Å². The molecule has 16 heteroatoms. The van der Waals surface area contributed by atoms with Crippen LogP contribution in [-0.2, 0) is 40.0 Å². The summed E-state index contributed by atoms with van der Waals surface area (Å²) in [6.07, 6.45) is 2.43. The second kappa shape index (κ2) is 21.6. The molecule has 0 spiro atoms. The van der Waals surface area contributed by atoms with Crippen molar-refractivity contribution in [3.05, 3.63) is 35.9 Å². The number of thioether (sulfide) groups is 1. The van der Waals surface area contributed by atoms with Crippen LogP contribution in [0, 0.1) is 11.8 Å². The van der Waals surface area contributed by atoms with Gasteiger partial charge in [0.15, 0.2) is 0 Å². The van der Waals surface area contributed by atoms with Gasteiger partial charge >= 0.3 is 0 Å². The number of hydrogen-bond acceptors (Lipinski definition) is 9. The quantitative estimate of drug-likeness (QED) is 0.0726. The van der Waals surface area contributed by atoms with Crippen molar-refractivity contribution in [2.75, 3.05) is 18.6 Å². The van der Waals surface area contributed by atoms with Gasteiger partial charge in [0.2, 0.25) is 41.4 Å². The molecule has 0 bridgehead atoms. The molecule has 0 aliphatic heterocycles. The average Bonchev–Trinajstić information content (AvgIpc) is 3.02. The molecule has 11 N–H and O–H groups in total. The summed E-state index contributed by atoms with van der Waals surface area (Å²) in [5.74, 6) is -4.33. The predicted molar refractivity (Wildman–Crippen MR) is 184 cm³/mol. The third-order valence-electron chi connectivity index (χ3n) is 7.25. The molecule has 1 aromatic rings. The molecule has 7 amide bonds. The van der Waals surface area contributed by atoms with Gasteiger partial charge in [0.05, 0.1) is 12.6 Å². The number of carbonyl (C=O) groups excluding carboxylic acids is 7. The minimum absolute atomic E-state index is 0.0106. The van der Waals surface area contributed by atoms with Crippen molar-refractivity contribution in [3.63, 3.8) is 0 Å². The zero-order valence-corrected chi connectivity index (χ0v) is 29.2. The van der Waals surface area contributed by atoms with Gasteiger partial charge in [-0.3, -0.25) is 33.6 Å². The highest BCUT2D eigenvalue weighted by Gasteiger charge is 2.31. The Morgan fingerprint density at radius 2 is 1.35 bits per heavy atom.